The highest BCUT2D eigenvalue weighted by atomic mass is 16.2. The summed E-state index contributed by atoms with van der Waals surface area (Å²) in [6, 6.07) is 8.01. The van der Waals surface area contributed by atoms with E-state index >= 15 is 0 Å². The van der Waals surface area contributed by atoms with Crippen LogP contribution in [-0.2, 0) is 11.3 Å². The number of amides is 1. The first-order valence-electron chi connectivity index (χ1n) is 9.95. The predicted octanol–water partition coefficient (Wildman–Crippen LogP) is 4.12. The molecular formula is C21H26N4O. The fourth-order valence-electron chi connectivity index (χ4n) is 6.10. The SMILES string of the molecule is CCn1cnnc1-c1cccc(NC(=O)C23CC4CC(CC(C4)C2)C3)c1. The fourth-order valence-corrected chi connectivity index (χ4v) is 6.10. The molecule has 0 saturated heterocycles. The van der Waals surface area contributed by atoms with Crippen molar-refractivity contribution in [2.45, 2.75) is 52.0 Å². The lowest BCUT2D eigenvalue weighted by Gasteiger charge is -2.55. The standard InChI is InChI=1S/C21H26N4O/c1-2-25-13-22-24-19(25)17-4-3-5-18(9-17)23-20(26)21-10-14-6-15(11-21)8-16(7-14)12-21/h3-5,9,13-16H,2,6-8,10-12H2,1H3,(H,23,26). The number of anilines is 1. The second kappa shape index (κ2) is 5.93. The Hall–Kier alpha value is -2.17. The third kappa shape index (κ3) is 2.56. The molecule has 0 unspecified atom stereocenters. The van der Waals surface area contributed by atoms with Crippen molar-refractivity contribution >= 4 is 11.6 Å². The first kappa shape index (κ1) is 16.0. The number of benzene rings is 1. The van der Waals surface area contributed by atoms with Gasteiger partial charge in [-0.15, -0.1) is 10.2 Å². The van der Waals surface area contributed by atoms with Gasteiger partial charge in [-0.1, -0.05) is 12.1 Å². The van der Waals surface area contributed by atoms with E-state index in [0.29, 0.717) is 0 Å². The molecule has 4 aliphatic carbocycles. The Labute approximate surface area is 154 Å². The van der Waals surface area contributed by atoms with Crippen molar-refractivity contribution in [3.8, 4) is 11.4 Å². The Bertz CT molecular complexity index is 805. The van der Waals surface area contributed by atoms with Crippen molar-refractivity contribution in [3.05, 3.63) is 30.6 Å². The quantitative estimate of drug-likeness (QED) is 0.902. The Morgan fingerprint density at radius 2 is 1.88 bits per heavy atom. The van der Waals surface area contributed by atoms with Gasteiger partial charge in [-0.3, -0.25) is 4.79 Å². The van der Waals surface area contributed by atoms with Crippen LogP contribution in [0.1, 0.15) is 45.4 Å². The number of aromatic nitrogens is 3. The minimum absolute atomic E-state index is 0.117. The smallest absolute Gasteiger partial charge is 0.230 e. The van der Waals surface area contributed by atoms with Crippen molar-refractivity contribution in [1.29, 1.82) is 0 Å². The molecule has 4 aliphatic rings. The summed E-state index contributed by atoms with van der Waals surface area (Å²) >= 11 is 0. The Morgan fingerprint density at radius 3 is 2.54 bits per heavy atom. The van der Waals surface area contributed by atoms with Crippen molar-refractivity contribution < 1.29 is 4.79 Å². The molecule has 2 aromatic rings. The van der Waals surface area contributed by atoms with E-state index in [1.165, 1.54) is 19.3 Å². The maximum atomic E-state index is 13.2. The lowest BCUT2D eigenvalue weighted by atomic mass is 9.49. The summed E-state index contributed by atoms with van der Waals surface area (Å²) in [7, 11) is 0. The van der Waals surface area contributed by atoms with Gasteiger partial charge >= 0.3 is 0 Å². The second-order valence-electron chi connectivity index (χ2n) is 8.67. The molecule has 0 atom stereocenters. The van der Waals surface area contributed by atoms with Crippen LogP contribution in [-0.4, -0.2) is 20.7 Å². The molecule has 4 fully saturated rings. The normalized spacial score (nSPS) is 32.0. The van der Waals surface area contributed by atoms with Gasteiger partial charge in [-0.05, 0) is 75.3 Å². The molecule has 136 valence electrons. The number of aryl methyl sites for hydroxylation is 1. The van der Waals surface area contributed by atoms with E-state index in [1.54, 1.807) is 6.33 Å². The molecule has 1 amide bonds. The molecule has 1 N–H and O–H groups in total. The summed E-state index contributed by atoms with van der Waals surface area (Å²) < 4.78 is 2.01. The summed E-state index contributed by atoms with van der Waals surface area (Å²) in [4.78, 5) is 13.2. The molecule has 0 spiro atoms. The van der Waals surface area contributed by atoms with Gasteiger partial charge in [0.1, 0.15) is 6.33 Å². The third-order valence-electron chi connectivity index (χ3n) is 6.85. The molecule has 1 aromatic carbocycles. The third-order valence-corrected chi connectivity index (χ3v) is 6.85. The molecule has 5 nitrogen and oxygen atoms in total. The molecular weight excluding hydrogens is 324 g/mol. The average Bonchev–Trinajstić information content (AvgIpc) is 3.09. The molecule has 1 aromatic heterocycles. The zero-order valence-corrected chi connectivity index (χ0v) is 15.3. The van der Waals surface area contributed by atoms with Crippen LogP contribution in [0, 0.1) is 23.2 Å². The molecule has 0 aliphatic heterocycles. The molecule has 6 rings (SSSR count). The van der Waals surface area contributed by atoms with Gasteiger partial charge in [0.2, 0.25) is 5.91 Å². The van der Waals surface area contributed by atoms with E-state index in [1.807, 2.05) is 28.8 Å². The van der Waals surface area contributed by atoms with E-state index in [0.717, 1.165) is 60.6 Å². The first-order valence-corrected chi connectivity index (χ1v) is 9.95. The molecule has 26 heavy (non-hydrogen) atoms. The summed E-state index contributed by atoms with van der Waals surface area (Å²) in [5, 5.41) is 11.5. The number of nitrogens with zero attached hydrogens (tertiary/aromatic N) is 3. The number of hydrogen-bond acceptors (Lipinski definition) is 3. The van der Waals surface area contributed by atoms with Gasteiger partial charge in [0.25, 0.3) is 0 Å². The number of hydrogen-bond donors (Lipinski definition) is 1. The van der Waals surface area contributed by atoms with Gasteiger partial charge in [0, 0.05) is 17.8 Å². The van der Waals surface area contributed by atoms with E-state index in [2.05, 4.69) is 22.4 Å². The van der Waals surface area contributed by atoms with E-state index in [9.17, 15) is 4.79 Å². The average molecular weight is 350 g/mol. The highest BCUT2D eigenvalue weighted by Crippen LogP contribution is 2.60. The Morgan fingerprint density at radius 1 is 1.19 bits per heavy atom. The maximum Gasteiger partial charge on any atom is 0.230 e. The number of rotatable bonds is 4. The molecule has 1 heterocycles. The summed E-state index contributed by atoms with van der Waals surface area (Å²) in [5.41, 5.74) is 1.75. The summed E-state index contributed by atoms with van der Waals surface area (Å²) in [5.74, 6) is 3.42. The van der Waals surface area contributed by atoms with Gasteiger partial charge in [0.05, 0.1) is 5.41 Å². The highest BCUT2D eigenvalue weighted by Gasteiger charge is 2.54. The van der Waals surface area contributed by atoms with E-state index in [4.69, 9.17) is 0 Å². The lowest BCUT2D eigenvalue weighted by Crippen LogP contribution is -2.51. The maximum absolute atomic E-state index is 13.2. The Kier molecular flexibility index (Phi) is 3.66. The molecule has 5 heteroatoms. The number of carbonyl (C=O) groups excluding carboxylic acids is 1. The van der Waals surface area contributed by atoms with Gasteiger partial charge < -0.3 is 9.88 Å². The van der Waals surface area contributed by atoms with E-state index in [-0.39, 0.29) is 11.3 Å². The van der Waals surface area contributed by atoms with Crippen molar-refractivity contribution in [1.82, 2.24) is 14.8 Å². The second-order valence-corrected chi connectivity index (χ2v) is 8.67. The van der Waals surface area contributed by atoms with Crippen molar-refractivity contribution in [2.75, 3.05) is 5.32 Å². The minimum Gasteiger partial charge on any atom is -0.326 e. The van der Waals surface area contributed by atoms with Crippen molar-refractivity contribution in [2.24, 2.45) is 23.2 Å². The van der Waals surface area contributed by atoms with Gasteiger partial charge in [-0.2, -0.15) is 0 Å². The zero-order valence-electron chi connectivity index (χ0n) is 15.3. The van der Waals surface area contributed by atoms with Crippen LogP contribution in [0.3, 0.4) is 0 Å². The zero-order chi connectivity index (χ0) is 17.7. The Balaban J connectivity index is 1.38. The first-order chi connectivity index (χ1) is 12.6. The summed E-state index contributed by atoms with van der Waals surface area (Å²) in [6.45, 7) is 2.90. The minimum atomic E-state index is -0.117. The fraction of sp³-hybridized carbons (Fsp3) is 0.571. The van der Waals surface area contributed by atoms with Crippen LogP contribution in [0.5, 0.6) is 0 Å². The monoisotopic (exact) mass is 350 g/mol. The van der Waals surface area contributed by atoms with Crippen LogP contribution in [0.15, 0.2) is 30.6 Å². The van der Waals surface area contributed by atoms with Crippen LogP contribution in [0.4, 0.5) is 5.69 Å². The summed E-state index contributed by atoms with van der Waals surface area (Å²) in [6.07, 6.45) is 9.09. The van der Waals surface area contributed by atoms with Crippen LogP contribution in [0.25, 0.3) is 11.4 Å². The van der Waals surface area contributed by atoms with Crippen LogP contribution < -0.4 is 5.32 Å². The van der Waals surface area contributed by atoms with Gasteiger partial charge in [0.15, 0.2) is 5.82 Å². The number of carbonyl (C=O) groups is 1. The topological polar surface area (TPSA) is 59.8 Å². The lowest BCUT2D eigenvalue weighted by molar-refractivity contribution is -0.140. The van der Waals surface area contributed by atoms with Gasteiger partial charge in [-0.25, -0.2) is 0 Å². The van der Waals surface area contributed by atoms with Crippen LogP contribution in [0.2, 0.25) is 0 Å². The molecule has 4 saturated carbocycles. The number of nitrogens with one attached hydrogen (secondary N) is 1. The molecule has 4 bridgehead atoms. The predicted molar refractivity (Wildman–Crippen MR) is 100 cm³/mol. The van der Waals surface area contributed by atoms with Crippen LogP contribution >= 0.6 is 0 Å². The largest absolute Gasteiger partial charge is 0.326 e. The molecule has 0 radical (unpaired) electrons. The van der Waals surface area contributed by atoms with E-state index < -0.39 is 0 Å². The highest BCUT2D eigenvalue weighted by molar-refractivity contribution is 5.96. The van der Waals surface area contributed by atoms with Crippen molar-refractivity contribution in [3.63, 3.8) is 0 Å².